The molecule has 110 valence electrons. The fourth-order valence-electron chi connectivity index (χ4n) is 1.72. The molecule has 0 aliphatic heterocycles. The summed E-state index contributed by atoms with van der Waals surface area (Å²) in [6, 6.07) is 13.2. The van der Waals surface area contributed by atoms with Crippen LogP contribution in [0.25, 0.3) is 0 Å². The molecule has 0 aliphatic carbocycles. The SMILES string of the molecule is Cc1ccc(Cl)cc1NC(=O)C(=O)Nc1ccc(C#N)cc1. The van der Waals surface area contributed by atoms with E-state index < -0.39 is 11.8 Å². The first-order valence-corrected chi connectivity index (χ1v) is 6.76. The molecule has 5 nitrogen and oxygen atoms in total. The molecule has 0 atom stereocenters. The molecule has 6 heteroatoms. The van der Waals surface area contributed by atoms with Crippen LogP contribution >= 0.6 is 11.6 Å². The summed E-state index contributed by atoms with van der Waals surface area (Å²) in [5.74, 6) is -1.60. The summed E-state index contributed by atoms with van der Waals surface area (Å²) in [5.41, 5.74) is 2.18. The molecule has 2 amide bonds. The molecular formula is C16H12ClN3O2. The first-order chi connectivity index (χ1) is 10.5. The summed E-state index contributed by atoms with van der Waals surface area (Å²) in [6.07, 6.45) is 0. The minimum Gasteiger partial charge on any atom is -0.318 e. The lowest BCUT2D eigenvalue weighted by atomic mass is 10.2. The van der Waals surface area contributed by atoms with E-state index in [4.69, 9.17) is 16.9 Å². The highest BCUT2D eigenvalue weighted by Gasteiger charge is 2.15. The van der Waals surface area contributed by atoms with Gasteiger partial charge in [-0.25, -0.2) is 0 Å². The predicted molar refractivity (Wildman–Crippen MR) is 84.6 cm³/mol. The van der Waals surface area contributed by atoms with Crippen molar-refractivity contribution >= 4 is 34.8 Å². The number of nitriles is 1. The van der Waals surface area contributed by atoms with E-state index >= 15 is 0 Å². The molecule has 0 radical (unpaired) electrons. The van der Waals surface area contributed by atoms with Crippen molar-refractivity contribution < 1.29 is 9.59 Å². The van der Waals surface area contributed by atoms with Gasteiger partial charge in [0.25, 0.3) is 0 Å². The van der Waals surface area contributed by atoms with Crippen molar-refractivity contribution in [3.05, 3.63) is 58.6 Å². The number of aryl methyl sites for hydroxylation is 1. The molecule has 2 aromatic carbocycles. The molecule has 0 heterocycles. The Balaban J connectivity index is 2.04. The van der Waals surface area contributed by atoms with Crippen LogP contribution < -0.4 is 10.6 Å². The van der Waals surface area contributed by atoms with Gasteiger partial charge in [-0.2, -0.15) is 5.26 Å². The molecule has 22 heavy (non-hydrogen) atoms. The van der Waals surface area contributed by atoms with Crippen molar-refractivity contribution in [1.82, 2.24) is 0 Å². The van der Waals surface area contributed by atoms with Crippen LogP contribution in [0.5, 0.6) is 0 Å². The molecule has 2 N–H and O–H groups in total. The Morgan fingerprint density at radius 2 is 1.68 bits per heavy atom. The fourth-order valence-corrected chi connectivity index (χ4v) is 1.90. The normalized spacial score (nSPS) is 9.68. The third-order valence-corrected chi connectivity index (χ3v) is 3.16. The second-order valence-corrected chi connectivity index (χ2v) is 4.99. The Labute approximate surface area is 132 Å². The first kappa shape index (κ1) is 15.5. The van der Waals surface area contributed by atoms with Crippen LogP contribution in [0.4, 0.5) is 11.4 Å². The number of rotatable bonds is 2. The molecule has 0 saturated carbocycles. The summed E-state index contributed by atoms with van der Waals surface area (Å²) < 4.78 is 0. The Morgan fingerprint density at radius 1 is 1.05 bits per heavy atom. The van der Waals surface area contributed by atoms with Gasteiger partial charge < -0.3 is 10.6 Å². The van der Waals surface area contributed by atoms with Gasteiger partial charge in [-0.3, -0.25) is 9.59 Å². The van der Waals surface area contributed by atoms with E-state index in [2.05, 4.69) is 10.6 Å². The highest BCUT2D eigenvalue weighted by atomic mass is 35.5. The summed E-state index contributed by atoms with van der Waals surface area (Å²) in [7, 11) is 0. The monoisotopic (exact) mass is 313 g/mol. The third-order valence-electron chi connectivity index (χ3n) is 2.93. The van der Waals surface area contributed by atoms with E-state index in [1.54, 1.807) is 49.4 Å². The lowest BCUT2D eigenvalue weighted by molar-refractivity contribution is -0.133. The number of carbonyl (C=O) groups is 2. The number of hydrogen-bond donors (Lipinski definition) is 2. The zero-order chi connectivity index (χ0) is 16.1. The van der Waals surface area contributed by atoms with Crippen LogP contribution in [0.1, 0.15) is 11.1 Å². The minimum absolute atomic E-state index is 0.432. The zero-order valence-electron chi connectivity index (χ0n) is 11.7. The molecule has 2 aromatic rings. The number of halogens is 1. The second-order valence-electron chi connectivity index (χ2n) is 4.56. The van der Waals surface area contributed by atoms with Crippen LogP contribution in [0.3, 0.4) is 0 Å². The standard InChI is InChI=1S/C16H12ClN3O2/c1-10-2-5-12(17)8-14(10)20-16(22)15(21)19-13-6-3-11(9-18)4-7-13/h2-8H,1H3,(H,19,21)(H,20,22). The van der Waals surface area contributed by atoms with Gasteiger partial charge in [-0.15, -0.1) is 0 Å². The number of nitrogens with one attached hydrogen (secondary N) is 2. The van der Waals surface area contributed by atoms with E-state index in [0.29, 0.717) is 22.0 Å². The van der Waals surface area contributed by atoms with E-state index in [9.17, 15) is 9.59 Å². The smallest absolute Gasteiger partial charge is 0.314 e. The Morgan fingerprint density at radius 3 is 2.32 bits per heavy atom. The summed E-state index contributed by atoms with van der Waals surface area (Å²) in [6.45, 7) is 1.80. The topological polar surface area (TPSA) is 82.0 Å². The van der Waals surface area contributed by atoms with Crippen LogP contribution in [-0.2, 0) is 9.59 Å². The maximum Gasteiger partial charge on any atom is 0.314 e. The Kier molecular flexibility index (Phi) is 4.77. The summed E-state index contributed by atoms with van der Waals surface area (Å²) in [4.78, 5) is 23.7. The first-order valence-electron chi connectivity index (χ1n) is 6.38. The van der Waals surface area contributed by atoms with Crippen molar-refractivity contribution in [2.75, 3.05) is 10.6 Å². The highest BCUT2D eigenvalue weighted by molar-refractivity contribution is 6.43. The van der Waals surface area contributed by atoms with Crippen molar-refractivity contribution in [1.29, 1.82) is 5.26 Å². The minimum atomic E-state index is -0.802. The van der Waals surface area contributed by atoms with Gasteiger partial charge >= 0.3 is 11.8 Å². The number of benzene rings is 2. The predicted octanol–water partition coefficient (Wildman–Crippen LogP) is 3.10. The number of nitrogens with zero attached hydrogens (tertiary/aromatic N) is 1. The maximum atomic E-state index is 11.9. The molecule has 0 aromatic heterocycles. The van der Waals surface area contributed by atoms with Crippen LogP contribution in [0.15, 0.2) is 42.5 Å². The van der Waals surface area contributed by atoms with Gasteiger partial charge in [0.15, 0.2) is 0 Å². The summed E-state index contributed by atoms with van der Waals surface area (Å²) in [5, 5.41) is 14.1. The number of carbonyl (C=O) groups excluding carboxylic acids is 2. The molecule has 0 fully saturated rings. The maximum absolute atomic E-state index is 11.9. The molecule has 0 aliphatic rings. The quantitative estimate of drug-likeness (QED) is 0.836. The van der Waals surface area contributed by atoms with E-state index in [1.165, 1.54) is 0 Å². The average Bonchev–Trinajstić information content (AvgIpc) is 2.51. The van der Waals surface area contributed by atoms with Crippen molar-refractivity contribution in [2.45, 2.75) is 6.92 Å². The van der Waals surface area contributed by atoms with Gasteiger partial charge in [0.1, 0.15) is 0 Å². The van der Waals surface area contributed by atoms with Gasteiger partial charge in [0, 0.05) is 16.4 Å². The molecule has 0 spiro atoms. The van der Waals surface area contributed by atoms with Crippen LogP contribution in [0, 0.1) is 18.3 Å². The molecule has 0 unspecified atom stereocenters. The molecule has 0 bridgehead atoms. The average molecular weight is 314 g/mol. The van der Waals surface area contributed by atoms with Crippen molar-refractivity contribution in [3.8, 4) is 6.07 Å². The lowest BCUT2D eigenvalue weighted by Gasteiger charge is -2.09. The van der Waals surface area contributed by atoms with E-state index in [0.717, 1.165) is 5.56 Å². The second kappa shape index (κ2) is 6.74. The van der Waals surface area contributed by atoms with Gasteiger partial charge in [0.05, 0.1) is 11.6 Å². The van der Waals surface area contributed by atoms with E-state index in [1.807, 2.05) is 6.07 Å². The zero-order valence-corrected chi connectivity index (χ0v) is 12.4. The number of amides is 2. The number of hydrogen-bond acceptors (Lipinski definition) is 3. The van der Waals surface area contributed by atoms with Crippen molar-refractivity contribution in [2.24, 2.45) is 0 Å². The number of anilines is 2. The van der Waals surface area contributed by atoms with Crippen LogP contribution in [-0.4, -0.2) is 11.8 Å². The fraction of sp³-hybridized carbons (Fsp3) is 0.0625. The highest BCUT2D eigenvalue weighted by Crippen LogP contribution is 2.20. The third kappa shape index (κ3) is 3.84. The molecular weight excluding hydrogens is 302 g/mol. The lowest BCUT2D eigenvalue weighted by Crippen LogP contribution is -2.29. The molecule has 2 rings (SSSR count). The van der Waals surface area contributed by atoms with Gasteiger partial charge in [0.2, 0.25) is 0 Å². The largest absolute Gasteiger partial charge is 0.318 e. The van der Waals surface area contributed by atoms with Crippen LogP contribution in [0.2, 0.25) is 5.02 Å². The van der Waals surface area contributed by atoms with E-state index in [-0.39, 0.29) is 0 Å². The Hall–Kier alpha value is -2.84. The van der Waals surface area contributed by atoms with Gasteiger partial charge in [-0.1, -0.05) is 17.7 Å². The molecule has 0 saturated heterocycles. The van der Waals surface area contributed by atoms with Gasteiger partial charge in [-0.05, 0) is 48.9 Å². The Bertz CT molecular complexity index is 764. The van der Waals surface area contributed by atoms with Crippen molar-refractivity contribution in [3.63, 3.8) is 0 Å². The summed E-state index contributed by atoms with van der Waals surface area (Å²) >= 11 is 5.86.